The summed E-state index contributed by atoms with van der Waals surface area (Å²) in [7, 11) is 0. The predicted molar refractivity (Wildman–Crippen MR) is 52.6 cm³/mol. The van der Waals surface area contributed by atoms with Crippen molar-refractivity contribution in [1.29, 1.82) is 0 Å². The Morgan fingerprint density at radius 3 is 2.40 bits per heavy atom. The van der Waals surface area contributed by atoms with Gasteiger partial charge in [-0.05, 0) is 19.3 Å². The maximum atomic E-state index is 12.7. The van der Waals surface area contributed by atoms with Crippen LogP contribution in [0.15, 0.2) is 0 Å². The molecule has 0 saturated heterocycles. The number of hydrogen-bond donors (Lipinski definition) is 0. The summed E-state index contributed by atoms with van der Waals surface area (Å²) in [5.41, 5.74) is 0. The summed E-state index contributed by atoms with van der Waals surface area (Å²) in [5, 5.41) is -0.0258. The Labute approximate surface area is 90.6 Å². The summed E-state index contributed by atoms with van der Waals surface area (Å²) >= 11 is 1.11. The largest absolute Gasteiger partial charge is 0.391 e. The van der Waals surface area contributed by atoms with Gasteiger partial charge in [-0.25, -0.2) is 4.39 Å². The smallest absolute Gasteiger partial charge is 0.288 e. The van der Waals surface area contributed by atoms with Crippen molar-refractivity contribution < 1.29 is 22.4 Å². The highest BCUT2D eigenvalue weighted by Crippen LogP contribution is 2.25. The van der Waals surface area contributed by atoms with Crippen LogP contribution in [0.5, 0.6) is 0 Å². The first kappa shape index (κ1) is 14.7. The summed E-state index contributed by atoms with van der Waals surface area (Å²) in [6, 6.07) is 0. The minimum atomic E-state index is -4.42. The van der Waals surface area contributed by atoms with E-state index in [0.717, 1.165) is 11.8 Å². The molecule has 0 aliphatic rings. The van der Waals surface area contributed by atoms with Gasteiger partial charge in [0.2, 0.25) is 0 Å². The van der Waals surface area contributed by atoms with Crippen LogP contribution in [0.4, 0.5) is 17.6 Å². The SMILES string of the molecule is CC(=O)SCCCCC(F)CC(F)(F)F. The average molecular weight is 246 g/mol. The lowest BCUT2D eigenvalue weighted by Gasteiger charge is -2.10. The molecule has 0 amide bonds. The van der Waals surface area contributed by atoms with Crippen molar-refractivity contribution in [2.24, 2.45) is 0 Å². The van der Waals surface area contributed by atoms with Crippen LogP contribution in [0.3, 0.4) is 0 Å². The van der Waals surface area contributed by atoms with E-state index in [9.17, 15) is 22.4 Å². The third-order valence-corrected chi connectivity index (χ3v) is 2.57. The number of unbranched alkanes of at least 4 members (excludes halogenated alkanes) is 1. The third kappa shape index (κ3) is 11.7. The molecule has 6 heteroatoms. The Hall–Kier alpha value is -0.260. The molecule has 15 heavy (non-hydrogen) atoms. The van der Waals surface area contributed by atoms with Crippen LogP contribution in [0, 0.1) is 0 Å². The topological polar surface area (TPSA) is 17.1 Å². The van der Waals surface area contributed by atoms with Gasteiger partial charge < -0.3 is 0 Å². The average Bonchev–Trinajstić information content (AvgIpc) is 1.99. The maximum Gasteiger partial charge on any atom is 0.391 e. The van der Waals surface area contributed by atoms with Gasteiger partial charge in [-0.15, -0.1) is 0 Å². The normalized spacial score (nSPS) is 13.9. The highest BCUT2D eigenvalue weighted by Gasteiger charge is 2.31. The van der Waals surface area contributed by atoms with Crippen molar-refractivity contribution in [1.82, 2.24) is 0 Å². The molecule has 0 fully saturated rings. The molecule has 0 aliphatic carbocycles. The number of rotatable bonds is 6. The molecule has 0 aromatic carbocycles. The van der Waals surface area contributed by atoms with E-state index in [1.807, 2.05) is 0 Å². The molecular formula is C9H14F4OS. The van der Waals surface area contributed by atoms with Crippen molar-refractivity contribution >= 4 is 16.9 Å². The molecular weight excluding hydrogens is 232 g/mol. The molecule has 0 bridgehead atoms. The van der Waals surface area contributed by atoms with Gasteiger partial charge in [-0.1, -0.05) is 11.8 Å². The second-order valence-electron chi connectivity index (χ2n) is 3.25. The Kier molecular flexibility index (Phi) is 6.96. The molecule has 0 heterocycles. The molecule has 0 saturated carbocycles. The minimum Gasteiger partial charge on any atom is -0.288 e. The number of carbonyl (C=O) groups excluding carboxylic acids is 1. The molecule has 1 unspecified atom stereocenters. The van der Waals surface area contributed by atoms with Crippen LogP contribution < -0.4 is 0 Å². The zero-order chi connectivity index (χ0) is 11.9. The quantitative estimate of drug-likeness (QED) is 0.524. The van der Waals surface area contributed by atoms with Gasteiger partial charge in [0.15, 0.2) is 5.12 Å². The number of thioether (sulfide) groups is 1. The first-order valence-corrected chi connectivity index (χ1v) is 5.64. The summed E-state index contributed by atoms with van der Waals surface area (Å²) in [4.78, 5) is 10.5. The number of alkyl halides is 4. The fourth-order valence-corrected chi connectivity index (χ4v) is 1.67. The molecule has 0 aromatic rings. The van der Waals surface area contributed by atoms with Crippen molar-refractivity contribution in [3.05, 3.63) is 0 Å². The second-order valence-corrected chi connectivity index (χ2v) is 4.52. The summed E-state index contributed by atoms with van der Waals surface area (Å²) < 4.78 is 47.8. The first-order valence-electron chi connectivity index (χ1n) is 4.65. The number of hydrogen-bond acceptors (Lipinski definition) is 2. The molecule has 0 radical (unpaired) electrons. The second kappa shape index (κ2) is 7.09. The Morgan fingerprint density at radius 2 is 1.93 bits per heavy atom. The summed E-state index contributed by atoms with van der Waals surface area (Å²) in [5.74, 6) is 0.550. The van der Waals surface area contributed by atoms with E-state index < -0.39 is 18.8 Å². The molecule has 1 atom stereocenters. The highest BCUT2D eigenvalue weighted by molar-refractivity contribution is 8.13. The van der Waals surface area contributed by atoms with Gasteiger partial charge >= 0.3 is 6.18 Å². The van der Waals surface area contributed by atoms with Crippen LogP contribution in [-0.2, 0) is 4.79 Å². The molecule has 0 spiro atoms. The van der Waals surface area contributed by atoms with Crippen LogP contribution in [0.1, 0.15) is 32.6 Å². The molecule has 1 nitrogen and oxygen atoms in total. The predicted octanol–water partition coefficient (Wildman–Crippen LogP) is 3.73. The van der Waals surface area contributed by atoms with Crippen molar-refractivity contribution in [3.63, 3.8) is 0 Å². The number of halogens is 4. The Morgan fingerprint density at radius 1 is 1.33 bits per heavy atom. The lowest BCUT2D eigenvalue weighted by Crippen LogP contribution is -2.15. The van der Waals surface area contributed by atoms with Crippen LogP contribution >= 0.6 is 11.8 Å². The Bertz CT molecular complexity index is 193. The lowest BCUT2D eigenvalue weighted by molar-refractivity contribution is -0.146. The van der Waals surface area contributed by atoms with E-state index in [1.54, 1.807) is 0 Å². The van der Waals surface area contributed by atoms with E-state index in [4.69, 9.17) is 0 Å². The van der Waals surface area contributed by atoms with Crippen molar-refractivity contribution in [2.45, 2.75) is 45.0 Å². The van der Waals surface area contributed by atoms with E-state index in [-0.39, 0.29) is 11.5 Å². The monoisotopic (exact) mass is 246 g/mol. The van der Waals surface area contributed by atoms with Crippen LogP contribution in [-0.4, -0.2) is 23.2 Å². The van der Waals surface area contributed by atoms with Crippen molar-refractivity contribution in [3.8, 4) is 0 Å². The molecule has 0 aliphatic heterocycles. The van der Waals surface area contributed by atoms with Crippen molar-refractivity contribution in [2.75, 3.05) is 5.75 Å². The van der Waals surface area contributed by atoms with Gasteiger partial charge in [0, 0.05) is 12.7 Å². The zero-order valence-electron chi connectivity index (χ0n) is 8.44. The lowest BCUT2D eigenvalue weighted by atomic mass is 10.1. The Balaban J connectivity index is 3.39. The van der Waals surface area contributed by atoms with Gasteiger partial charge in [-0.2, -0.15) is 13.2 Å². The van der Waals surface area contributed by atoms with Gasteiger partial charge in [0.05, 0.1) is 6.42 Å². The fraction of sp³-hybridized carbons (Fsp3) is 0.889. The molecule has 0 rings (SSSR count). The van der Waals surface area contributed by atoms with E-state index in [1.165, 1.54) is 6.92 Å². The fourth-order valence-electron chi connectivity index (χ4n) is 1.04. The van der Waals surface area contributed by atoms with E-state index in [2.05, 4.69) is 0 Å². The van der Waals surface area contributed by atoms with Gasteiger partial charge in [0.1, 0.15) is 6.17 Å². The van der Waals surface area contributed by atoms with Crippen LogP contribution in [0.2, 0.25) is 0 Å². The third-order valence-electron chi connectivity index (χ3n) is 1.67. The van der Waals surface area contributed by atoms with Crippen LogP contribution in [0.25, 0.3) is 0 Å². The minimum absolute atomic E-state index is 0.0258. The molecule has 0 N–H and O–H groups in total. The summed E-state index contributed by atoms with van der Waals surface area (Å²) in [6.45, 7) is 1.42. The molecule has 0 aromatic heterocycles. The van der Waals surface area contributed by atoms with E-state index in [0.29, 0.717) is 18.6 Å². The highest BCUT2D eigenvalue weighted by atomic mass is 32.2. The number of carbonyl (C=O) groups is 1. The first-order chi connectivity index (χ1) is 6.81. The van der Waals surface area contributed by atoms with E-state index >= 15 is 0 Å². The zero-order valence-corrected chi connectivity index (χ0v) is 9.26. The summed E-state index contributed by atoms with van der Waals surface area (Å²) in [6.07, 6.45) is -6.73. The van der Waals surface area contributed by atoms with Gasteiger partial charge in [0.25, 0.3) is 0 Å². The molecule has 90 valence electrons. The standard InChI is InChI=1S/C9H14F4OS/c1-7(14)15-5-3-2-4-8(10)6-9(11,12)13/h8H,2-6H2,1H3. The maximum absolute atomic E-state index is 12.7. The van der Waals surface area contributed by atoms with Gasteiger partial charge in [-0.3, -0.25) is 4.79 Å².